The lowest BCUT2D eigenvalue weighted by Gasteiger charge is -2.13. The summed E-state index contributed by atoms with van der Waals surface area (Å²) in [5.74, 6) is 0.564. The molecule has 11 nitrogen and oxygen atoms in total. The van der Waals surface area contributed by atoms with Crippen LogP contribution in [-0.2, 0) is 35.6 Å². The number of carbonyl (C=O) groups excluding carboxylic acids is 1. The van der Waals surface area contributed by atoms with Gasteiger partial charge in [-0.15, -0.1) is 5.10 Å². The highest BCUT2D eigenvalue weighted by Crippen LogP contribution is 2.32. The van der Waals surface area contributed by atoms with Crippen LogP contribution in [0.15, 0.2) is 119 Å². The summed E-state index contributed by atoms with van der Waals surface area (Å²) in [6.07, 6.45) is 2.89. The Kier molecular flexibility index (Phi) is 11.6. The minimum absolute atomic E-state index is 0.0482. The largest absolute Gasteiger partial charge is 0.491 e. The zero-order valence-corrected chi connectivity index (χ0v) is 27.7. The molecule has 0 saturated heterocycles. The van der Waals surface area contributed by atoms with E-state index >= 15 is 0 Å². The number of fused-ring (bicyclic) bond motifs is 1. The molecule has 0 atom stereocenters. The molecular weight excluding hydrogens is 636 g/mol. The van der Waals surface area contributed by atoms with Gasteiger partial charge in [0.15, 0.2) is 5.76 Å². The fourth-order valence-electron chi connectivity index (χ4n) is 5.31. The van der Waals surface area contributed by atoms with Gasteiger partial charge in [-0.2, -0.15) is 0 Å². The molecule has 50 heavy (non-hydrogen) atoms. The Balaban J connectivity index is 0.988. The first kappa shape index (κ1) is 34.1. The van der Waals surface area contributed by atoms with Crippen molar-refractivity contribution in [1.29, 1.82) is 0 Å². The maximum absolute atomic E-state index is 13.5. The van der Waals surface area contributed by atoms with Crippen molar-refractivity contribution in [2.24, 2.45) is 0 Å². The molecule has 0 saturated carbocycles. The molecule has 11 heteroatoms. The van der Waals surface area contributed by atoms with E-state index in [2.05, 4.69) is 39.9 Å². The van der Waals surface area contributed by atoms with E-state index in [4.69, 9.17) is 23.4 Å². The SMILES string of the molecule is COC(=O)c1cccc(COc2c(-c3ccc(OCCOCCn4cc(CNCCc5ccccc5)nn4)cc3)oc3ccccc3c2=O)c1. The fraction of sp³-hybridized carbons (Fsp3) is 0.231. The van der Waals surface area contributed by atoms with E-state index in [0.29, 0.717) is 72.1 Å². The Morgan fingerprint density at radius 3 is 2.50 bits per heavy atom. The number of rotatable bonds is 17. The molecule has 0 aliphatic carbocycles. The van der Waals surface area contributed by atoms with Gasteiger partial charge >= 0.3 is 5.97 Å². The van der Waals surface area contributed by atoms with Gasteiger partial charge in [0.2, 0.25) is 11.2 Å². The van der Waals surface area contributed by atoms with Crippen LogP contribution in [0.5, 0.6) is 11.5 Å². The van der Waals surface area contributed by atoms with Crippen LogP contribution in [0.1, 0.15) is 27.2 Å². The number of hydrogen-bond acceptors (Lipinski definition) is 10. The summed E-state index contributed by atoms with van der Waals surface area (Å²) in [7, 11) is 1.33. The Morgan fingerprint density at radius 2 is 1.66 bits per heavy atom. The van der Waals surface area contributed by atoms with E-state index in [-0.39, 0.29) is 17.8 Å². The van der Waals surface area contributed by atoms with Crippen LogP contribution < -0.4 is 20.2 Å². The topological polar surface area (TPSA) is 127 Å². The molecule has 2 heterocycles. The van der Waals surface area contributed by atoms with Gasteiger partial charge in [-0.1, -0.05) is 59.8 Å². The van der Waals surface area contributed by atoms with E-state index in [9.17, 15) is 9.59 Å². The Labute approximate surface area is 289 Å². The number of carbonyl (C=O) groups is 1. The molecule has 0 bridgehead atoms. The third kappa shape index (κ3) is 9.01. The summed E-state index contributed by atoms with van der Waals surface area (Å²) in [4.78, 5) is 25.5. The molecule has 0 unspecified atom stereocenters. The minimum Gasteiger partial charge on any atom is -0.491 e. The first-order valence-corrected chi connectivity index (χ1v) is 16.4. The normalized spacial score (nSPS) is 11.1. The molecule has 0 amide bonds. The molecule has 0 fully saturated rings. The molecule has 4 aromatic carbocycles. The van der Waals surface area contributed by atoms with Crippen molar-refractivity contribution in [2.75, 3.05) is 33.5 Å². The van der Waals surface area contributed by atoms with Crippen LogP contribution in [0, 0.1) is 0 Å². The smallest absolute Gasteiger partial charge is 0.337 e. The van der Waals surface area contributed by atoms with Gasteiger partial charge < -0.3 is 28.7 Å². The van der Waals surface area contributed by atoms with Gasteiger partial charge in [0.25, 0.3) is 0 Å². The highest BCUT2D eigenvalue weighted by molar-refractivity contribution is 5.89. The molecule has 0 radical (unpaired) electrons. The number of hydrogen-bond donors (Lipinski definition) is 1. The van der Waals surface area contributed by atoms with Crippen LogP contribution in [-0.4, -0.2) is 54.4 Å². The number of ether oxygens (including phenoxy) is 4. The Morgan fingerprint density at radius 1 is 0.860 bits per heavy atom. The number of nitrogens with zero attached hydrogens (tertiary/aromatic N) is 3. The van der Waals surface area contributed by atoms with Crippen molar-refractivity contribution in [3.63, 3.8) is 0 Å². The molecule has 0 aliphatic rings. The number of nitrogens with one attached hydrogen (secondary N) is 1. The van der Waals surface area contributed by atoms with Gasteiger partial charge in [0, 0.05) is 18.3 Å². The lowest BCUT2D eigenvalue weighted by molar-refractivity contribution is 0.0600. The lowest BCUT2D eigenvalue weighted by atomic mass is 10.1. The monoisotopic (exact) mass is 674 g/mol. The van der Waals surface area contributed by atoms with Crippen LogP contribution in [0.25, 0.3) is 22.3 Å². The summed E-state index contributed by atoms with van der Waals surface area (Å²) >= 11 is 0. The first-order chi connectivity index (χ1) is 24.6. The van der Waals surface area contributed by atoms with Crippen molar-refractivity contribution in [2.45, 2.75) is 26.1 Å². The van der Waals surface area contributed by atoms with Gasteiger partial charge in [-0.05, 0) is 72.6 Å². The summed E-state index contributed by atoms with van der Waals surface area (Å²) in [5.41, 5.74) is 4.08. The predicted molar refractivity (Wildman–Crippen MR) is 188 cm³/mol. The minimum atomic E-state index is -0.453. The third-order valence-electron chi connectivity index (χ3n) is 7.89. The second-order valence-electron chi connectivity index (χ2n) is 11.4. The van der Waals surface area contributed by atoms with Crippen molar-refractivity contribution in [3.05, 3.63) is 142 Å². The first-order valence-electron chi connectivity index (χ1n) is 16.4. The maximum Gasteiger partial charge on any atom is 0.337 e. The highest BCUT2D eigenvalue weighted by atomic mass is 16.5. The molecule has 6 rings (SSSR count). The molecule has 2 aromatic heterocycles. The van der Waals surface area contributed by atoms with Crippen molar-refractivity contribution < 1.29 is 28.2 Å². The summed E-state index contributed by atoms with van der Waals surface area (Å²) in [6, 6.07) is 31.5. The maximum atomic E-state index is 13.5. The zero-order valence-electron chi connectivity index (χ0n) is 27.7. The molecular formula is C39H38N4O7. The van der Waals surface area contributed by atoms with Crippen LogP contribution >= 0.6 is 0 Å². The van der Waals surface area contributed by atoms with E-state index in [0.717, 1.165) is 18.7 Å². The Bertz CT molecular complexity index is 2060. The highest BCUT2D eigenvalue weighted by Gasteiger charge is 2.18. The van der Waals surface area contributed by atoms with Crippen LogP contribution in [0.2, 0.25) is 0 Å². The third-order valence-corrected chi connectivity index (χ3v) is 7.89. The van der Waals surface area contributed by atoms with Gasteiger partial charge in [0.05, 0.1) is 43.5 Å². The van der Waals surface area contributed by atoms with E-state index in [1.807, 2.05) is 36.5 Å². The van der Waals surface area contributed by atoms with Gasteiger partial charge in [-0.25, -0.2) is 9.48 Å². The van der Waals surface area contributed by atoms with E-state index in [1.165, 1.54) is 12.7 Å². The average Bonchev–Trinajstić information content (AvgIpc) is 3.62. The molecule has 256 valence electrons. The molecule has 0 aliphatic heterocycles. The predicted octanol–water partition coefficient (Wildman–Crippen LogP) is 5.85. The lowest BCUT2D eigenvalue weighted by Crippen LogP contribution is -2.16. The standard InChI is InChI=1S/C39H38N4O7/c1-46-39(45)31-11-7-10-29(24-31)27-49-38-36(44)34-12-5-6-13-35(34)50-37(38)30-14-16-33(17-15-30)48-23-22-47-21-20-43-26-32(41-42-43)25-40-19-18-28-8-3-2-4-9-28/h2-17,24,26,40H,18-23,25,27H2,1H3. The molecule has 0 spiro atoms. The number of esters is 1. The average molecular weight is 675 g/mol. The number of methoxy groups -OCH3 is 1. The van der Waals surface area contributed by atoms with Crippen LogP contribution in [0.4, 0.5) is 0 Å². The quantitative estimate of drug-likeness (QED) is 0.0931. The Hall–Kier alpha value is -5.78. The summed E-state index contributed by atoms with van der Waals surface area (Å²) in [5, 5.41) is 12.2. The summed E-state index contributed by atoms with van der Waals surface area (Å²) < 4.78 is 30.5. The van der Waals surface area contributed by atoms with Gasteiger partial charge in [0.1, 0.15) is 24.5 Å². The van der Waals surface area contributed by atoms with Crippen molar-refractivity contribution in [1.82, 2.24) is 20.3 Å². The van der Waals surface area contributed by atoms with E-state index < -0.39 is 5.97 Å². The number of para-hydroxylation sites is 1. The summed E-state index contributed by atoms with van der Waals surface area (Å²) in [6.45, 7) is 3.40. The molecule has 1 N–H and O–H groups in total. The number of aromatic nitrogens is 3. The van der Waals surface area contributed by atoms with Crippen molar-refractivity contribution in [3.8, 4) is 22.8 Å². The van der Waals surface area contributed by atoms with E-state index in [1.54, 1.807) is 53.2 Å². The zero-order chi connectivity index (χ0) is 34.5. The van der Waals surface area contributed by atoms with Crippen LogP contribution in [0.3, 0.4) is 0 Å². The second kappa shape index (κ2) is 17.0. The number of benzene rings is 4. The van der Waals surface area contributed by atoms with Gasteiger partial charge in [-0.3, -0.25) is 4.79 Å². The van der Waals surface area contributed by atoms with Crippen molar-refractivity contribution >= 4 is 16.9 Å². The molecule has 6 aromatic rings. The fourth-order valence-corrected chi connectivity index (χ4v) is 5.31. The second-order valence-corrected chi connectivity index (χ2v) is 11.4.